The maximum Gasteiger partial charge on any atom is 0.205 e. The third-order valence-electron chi connectivity index (χ3n) is 1.67. The molecule has 1 rings (SSSR count). The molecule has 1 aliphatic heterocycles. The van der Waals surface area contributed by atoms with Crippen LogP contribution in [0.2, 0.25) is 0 Å². The predicted octanol–water partition coefficient (Wildman–Crippen LogP) is 1.17. The van der Waals surface area contributed by atoms with Gasteiger partial charge in [0.05, 0.1) is 6.61 Å². The van der Waals surface area contributed by atoms with E-state index in [4.69, 9.17) is 9.78 Å². The van der Waals surface area contributed by atoms with E-state index in [0.717, 1.165) is 25.7 Å². The number of rotatable bonds is 3. The van der Waals surface area contributed by atoms with Crippen molar-refractivity contribution in [1.29, 1.82) is 0 Å². The summed E-state index contributed by atoms with van der Waals surface area (Å²) in [6.45, 7) is 6.91. The first kappa shape index (κ1) is 7.98. The zero-order valence-electron chi connectivity index (χ0n) is 6.59. The quantitative estimate of drug-likeness (QED) is 0.555. The molecule has 0 unspecified atom stereocenters. The van der Waals surface area contributed by atoms with E-state index in [1.165, 1.54) is 0 Å². The van der Waals surface area contributed by atoms with Gasteiger partial charge in [-0.3, -0.25) is 4.90 Å². The molecule has 10 heavy (non-hydrogen) atoms. The summed E-state index contributed by atoms with van der Waals surface area (Å²) >= 11 is 0. The summed E-state index contributed by atoms with van der Waals surface area (Å²) in [5.74, 6) is 0. The van der Waals surface area contributed by atoms with Crippen LogP contribution in [0.1, 0.15) is 20.3 Å². The molecule has 1 radical (unpaired) electrons. The standard InChI is InChI=1S/C7H14NO2/c1-3-8(4-2)7-5-6-9-10-7/h3-6H2,1-2H3. The van der Waals surface area contributed by atoms with E-state index in [9.17, 15) is 0 Å². The lowest BCUT2D eigenvalue weighted by Gasteiger charge is -2.20. The molecular weight excluding hydrogens is 130 g/mol. The molecule has 1 saturated heterocycles. The molecule has 0 atom stereocenters. The molecule has 0 N–H and O–H groups in total. The third kappa shape index (κ3) is 1.68. The van der Waals surface area contributed by atoms with Gasteiger partial charge in [-0.2, -0.15) is 0 Å². The minimum atomic E-state index is 0.700. The average Bonchev–Trinajstić information content (AvgIpc) is 2.43. The summed E-state index contributed by atoms with van der Waals surface area (Å²) in [4.78, 5) is 11.9. The van der Waals surface area contributed by atoms with Crippen LogP contribution in [0.4, 0.5) is 0 Å². The van der Waals surface area contributed by atoms with E-state index in [0.29, 0.717) is 6.61 Å². The van der Waals surface area contributed by atoms with Crippen molar-refractivity contribution < 1.29 is 9.78 Å². The van der Waals surface area contributed by atoms with Crippen LogP contribution in [-0.4, -0.2) is 24.6 Å². The van der Waals surface area contributed by atoms with Crippen LogP contribution in [0.3, 0.4) is 0 Å². The van der Waals surface area contributed by atoms with Gasteiger partial charge in [0.15, 0.2) is 0 Å². The normalized spacial score (nSPS) is 20.7. The van der Waals surface area contributed by atoms with Crippen LogP contribution in [0.15, 0.2) is 0 Å². The summed E-state index contributed by atoms with van der Waals surface area (Å²) in [5.41, 5.74) is 0. The molecular formula is C7H14NO2. The SMILES string of the molecule is CCN(CC)[C]1CCOO1. The summed E-state index contributed by atoms with van der Waals surface area (Å²) in [5, 5.41) is 0. The van der Waals surface area contributed by atoms with Crippen molar-refractivity contribution in [3.05, 3.63) is 6.23 Å². The first-order valence-electron chi connectivity index (χ1n) is 3.78. The van der Waals surface area contributed by atoms with Gasteiger partial charge in [0.1, 0.15) is 0 Å². The van der Waals surface area contributed by atoms with Crippen LogP contribution in [0.25, 0.3) is 0 Å². The second kappa shape index (κ2) is 3.91. The van der Waals surface area contributed by atoms with E-state index in [-0.39, 0.29) is 0 Å². The Balaban J connectivity index is 2.29. The molecule has 1 aliphatic rings. The smallest absolute Gasteiger partial charge is 0.205 e. The Morgan fingerprint density at radius 2 is 2.10 bits per heavy atom. The van der Waals surface area contributed by atoms with Crippen molar-refractivity contribution in [2.75, 3.05) is 19.7 Å². The summed E-state index contributed by atoms with van der Waals surface area (Å²) in [6, 6.07) is 0. The monoisotopic (exact) mass is 144 g/mol. The molecule has 59 valence electrons. The van der Waals surface area contributed by atoms with Gasteiger partial charge in [-0.1, -0.05) is 13.8 Å². The number of nitrogens with zero attached hydrogens (tertiary/aromatic N) is 1. The van der Waals surface area contributed by atoms with Crippen molar-refractivity contribution in [2.24, 2.45) is 0 Å². The Bertz CT molecular complexity index is 87.6. The van der Waals surface area contributed by atoms with Crippen molar-refractivity contribution in [2.45, 2.75) is 20.3 Å². The average molecular weight is 144 g/mol. The highest BCUT2D eigenvalue weighted by Crippen LogP contribution is 2.20. The minimum absolute atomic E-state index is 0.700. The van der Waals surface area contributed by atoms with E-state index in [2.05, 4.69) is 18.7 Å². The molecule has 1 fully saturated rings. The Morgan fingerprint density at radius 1 is 1.40 bits per heavy atom. The fraction of sp³-hybridized carbons (Fsp3) is 0.857. The summed E-state index contributed by atoms with van der Waals surface area (Å²) in [7, 11) is 0. The topological polar surface area (TPSA) is 21.7 Å². The minimum Gasteiger partial charge on any atom is -0.270 e. The van der Waals surface area contributed by atoms with Gasteiger partial charge < -0.3 is 0 Å². The van der Waals surface area contributed by atoms with Gasteiger partial charge in [-0.25, -0.2) is 9.78 Å². The third-order valence-corrected chi connectivity index (χ3v) is 1.67. The van der Waals surface area contributed by atoms with Gasteiger partial charge in [-0.15, -0.1) is 0 Å². The predicted molar refractivity (Wildman–Crippen MR) is 37.8 cm³/mol. The molecule has 0 amide bonds. The second-order valence-electron chi connectivity index (χ2n) is 2.22. The fourth-order valence-electron chi connectivity index (χ4n) is 1.07. The molecule has 0 saturated carbocycles. The first-order valence-corrected chi connectivity index (χ1v) is 3.78. The van der Waals surface area contributed by atoms with Gasteiger partial charge in [0.2, 0.25) is 6.23 Å². The van der Waals surface area contributed by atoms with E-state index >= 15 is 0 Å². The first-order chi connectivity index (χ1) is 4.88. The lowest BCUT2D eigenvalue weighted by Crippen LogP contribution is -2.27. The fourth-order valence-corrected chi connectivity index (χ4v) is 1.07. The van der Waals surface area contributed by atoms with Crippen molar-refractivity contribution in [1.82, 2.24) is 4.90 Å². The van der Waals surface area contributed by atoms with Gasteiger partial charge >= 0.3 is 0 Å². The maximum absolute atomic E-state index is 4.94. The highest BCUT2D eigenvalue weighted by atomic mass is 17.2. The molecule has 1 heterocycles. The number of hydrogen-bond donors (Lipinski definition) is 0. The van der Waals surface area contributed by atoms with E-state index < -0.39 is 0 Å². The van der Waals surface area contributed by atoms with Crippen LogP contribution in [0, 0.1) is 6.23 Å². The number of hydrogen-bond acceptors (Lipinski definition) is 3. The molecule has 0 spiro atoms. The van der Waals surface area contributed by atoms with Crippen molar-refractivity contribution in [3.8, 4) is 0 Å². The van der Waals surface area contributed by atoms with Crippen LogP contribution < -0.4 is 0 Å². The molecule has 0 aromatic carbocycles. The highest BCUT2D eigenvalue weighted by Gasteiger charge is 2.23. The Hall–Kier alpha value is -0.120. The van der Waals surface area contributed by atoms with Crippen molar-refractivity contribution >= 4 is 0 Å². The van der Waals surface area contributed by atoms with Crippen LogP contribution >= 0.6 is 0 Å². The zero-order valence-corrected chi connectivity index (χ0v) is 6.59. The molecule has 3 heteroatoms. The lowest BCUT2D eigenvalue weighted by atomic mass is 10.3. The largest absolute Gasteiger partial charge is 0.270 e. The Morgan fingerprint density at radius 3 is 2.50 bits per heavy atom. The van der Waals surface area contributed by atoms with Crippen LogP contribution in [0.5, 0.6) is 0 Å². The molecule has 0 aromatic rings. The van der Waals surface area contributed by atoms with Gasteiger partial charge in [0, 0.05) is 6.42 Å². The molecule has 0 aromatic heterocycles. The van der Waals surface area contributed by atoms with E-state index in [1.807, 2.05) is 0 Å². The molecule has 0 aliphatic carbocycles. The Kier molecular flexibility index (Phi) is 3.12. The highest BCUT2D eigenvalue weighted by molar-refractivity contribution is 4.78. The summed E-state index contributed by atoms with van der Waals surface area (Å²) < 4.78 is 0. The van der Waals surface area contributed by atoms with E-state index in [1.54, 1.807) is 0 Å². The molecule has 0 bridgehead atoms. The van der Waals surface area contributed by atoms with Gasteiger partial charge in [0.25, 0.3) is 0 Å². The second-order valence-corrected chi connectivity index (χ2v) is 2.22. The lowest BCUT2D eigenvalue weighted by molar-refractivity contribution is -0.262. The van der Waals surface area contributed by atoms with Crippen LogP contribution in [-0.2, 0) is 9.78 Å². The maximum atomic E-state index is 4.94. The summed E-state index contributed by atoms with van der Waals surface area (Å²) in [6.07, 6.45) is 1.90. The Labute approximate surface area is 61.8 Å². The molecule has 3 nitrogen and oxygen atoms in total. The zero-order chi connectivity index (χ0) is 7.40. The van der Waals surface area contributed by atoms with Crippen molar-refractivity contribution in [3.63, 3.8) is 0 Å². The van der Waals surface area contributed by atoms with Gasteiger partial charge in [-0.05, 0) is 13.1 Å².